The quantitative estimate of drug-likeness (QED) is 0.663. The second-order valence-electron chi connectivity index (χ2n) is 4.07. The van der Waals surface area contributed by atoms with E-state index in [1.165, 1.54) is 45.1 Å². The van der Waals surface area contributed by atoms with Gasteiger partial charge in [-0.15, -0.1) is 0 Å². The van der Waals surface area contributed by atoms with Crippen molar-refractivity contribution in [3.8, 4) is 0 Å². The van der Waals surface area contributed by atoms with Crippen molar-refractivity contribution in [2.75, 3.05) is 6.54 Å². The van der Waals surface area contributed by atoms with E-state index >= 15 is 0 Å². The fourth-order valence-corrected chi connectivity index (χ4v) is 2.63. The van der Waals surface area contributed by atoms with Crippen LogP contribution in [0.1, 0.15) is 45.4 Å². The Bertz CT molecular complexity index is 193. The first-order valence-corrected chi connectivity index (χ1v) is 5.37. The topological polar surface area (TPSA) is 12.0 Å². The van der Waals surface area contributed by atoms with Gasteiger partial charge in [0.15, 0.2) is 0 Å². The van der Waals surface area contributed by atoms with Gasteiger partial charge >= 0.3 is 0 Å². The summed E-state index contributed by atoms with van der Waals surface area (Å²) in [5.74, 6) is 0.917. The Morgan fingerprint density at radius 2 is 2.33 bits per heavy atom. The maximum atomic E-state index is 3.57. The van der Waals surface area contributed by atoms with E-state index in [9.17, 15) is 0 Å². The molecule has 0 saturated carbocycles. The summed E-state index contributed by atoms with van der Waals surface area (Å²) in [6.45, 7) is 3.51. The van der Waals surface area contributed by atoms with Gasteiger partial charge in [-0.1, -0.05) is 18.9 Å². The van der Waals surface area contributed by atoms with Crippen LogP contribution in [0.15, 0.2) is 11.3 Å². The summed E-state index contributed by atoms with van der Waals surface area (Å²) in [5.41, 5.74) is 3.38. The molecule has 0 radical (unpaired) electrons. The lowest BCUT2D eigenvalue weighted by Gasteiger charge is -2.22. The van der Waals surface area contributed by atoms with Gasteiger partial charge in [0.05, 0.1) is 0 Å². The molecule has 0 amide bonds. The predicted molar refractivity (Wildman–Crippen MR) is 51.9 cm³/mol. The number of allylic oxidation sites excluding steroid dienone is 2. The molecule has 68 valence electrons. The van der Waals surface area contributed by atoms with Gasteiger partial charge in [0, 0.05) is 18.2 Å². The van der Waals surface area contributed by atoms with Crippen molar-refractivity contribution in [2.45, 2.75) is 45.4 Å². The van der Waals surface area contributed by atoms with Crippen molar-refractivity contribution in [2.24, 2.45) is 5.92 Å². The summed E-state index contributed by atoms with van der Waals surface area (Å²) in [6.07, 6.45) is 8.28. The molecular weight excluding hydrogens is 146 g/mol. The summed E-state index contributed by atoms with van der Waals surface area (Å²) >= 11 is 0. The van der Waals surface area contributed by atoms with E-state index in [4.69, 9.17) is 0 Å². The minimum absolute atomic E-state index is 0.917. The lowest BCUT2D eigenvalue weighted by atomic mass is 9.86. The van der Waals surface area contributed by atoms with Crippen LogP contribution in [0, 0.1) is 5.92 Å². The van der Waals surface area contributed by atoms with Crippen molar-refractivity contribution >= 4 is 0 Å². The van der Waals surface area contributed by atoms with Gasteiger partial charge in [-0.2, -0.15) is 0 Å². The third-order valence-corrected chi connectivity index (χ3v) is 3.18. The monoisotopic (exact) mass is 165 g/mol. The molecule has 0 aromatic rings. The Hall–Kier alpha value is -0.460. The van der Waals surface area contributed by atoms with E-state index in [1.807, 2.05) is 0 Å². The molecule has 0 spiro atoms. The highest BCUT2D eigenvalue weighted by molar-refractivity contribution is 5.21. The molecule has 1 N–H and O–H groups in total. The molecule has 0 aromatic carbocycles. The molecule has 2 rings (SSSR count). The lowest BCUT2D eigenvalue weighted by Crippen LogP contribution is -2.14. The van der Waals surface area contributed by atoms with Crippen LogP contribution in [-0.2, 0) is 0 Å². The average Bonchev–Trinajstić information content (AvgIpc) is 2.53. The first-order valence-electron chi connectivity index (χ1n) is 5.37. The molecule has 1 unspecified atom stereocenters. The number of fused-ring (bicyclic) bond motifs is 1. The van der Waals surface area contributed by atoms with Crippen molar-refractivity contribution in [3.63, 3.8) is 0 Å². The third kappa shape index (κ3) is 1.37. The van der Waals surface area contributed by atoms with Crippen LogP contribution in [0.3, 0.4) is 0 Å². The largest absolute Gasteiger partial charge is 0.388 e. The van der Waals surface area contributed by atoms with Crippen LogP contribution in [0.4, 0.5) is 0 Å². The van der Waals surface area contributed by atoms with Gasteiger partial charge in [-0.25, -0.2) is 0 Å². The second kappa shape index (κ2) is 3.51. The standard InChI is InChI=1S/C11H19N/c1-2-4-9-5-3-6-10-7-8-12-11(9)10/h10,12H,2-8H2,1H3. The second-order valence-corrected chi connectivity index (χ2v) is 4.07. The van der Waals surface area contributed by atoms with Gasteiger partial charge in [-0.05, 0) is 32.1 Å². The molecule has 1 saturated heterocycles. The molecule has 0 bridgehead atoms. The van der Waals surface area contributed by atoms with Crippen LogP contribution in [0.5, 0.6) is 0 Å². The Kier molecular flexibility index (Phi) is 2.38. The number of hydrogen-bond donors (Lipinski definition) is 1. The molecule has 1 atom stereocenters. The molecule has 1 aliphatic heterocycles. The zero-order valence-electron chi connectivity index (χ0n) is 8.03. The third-order valence-electron chi connectivity index (χ3n) is 3.18. The highest BCUT2D eigenvalue weighted by Crippen LogP contribution is 2.35. The number of rotatable bonds is 2. The maximum Gasteiger partial charge on any atom is 0.0150 e. The number of nitrogens with one attached hydrogen (secondary N) is 1. The van der Waals surface area contributed by atoms with E-state index in [1.54, 1.807) is 11.3 Å². The van der Waals surface area contributed by atoms with Crippen molar-refractivity contribution in [1.82, 2.24) is 5.32 Å². The Morgan fingerprint density at radius 1 is 1.42 bits per heavy atom. The Morgan fingerprint density at radius 3 is 3.17 bits per heavy atom. The minimum atomic E-state index is 0.917. The molecule has 1 nitrogen and oxygen atoms in total. The van der Waals surface area contributed by atoms with Crippen LogP contribution >= 0.6 is 0 Å². The predicted octanol–water partition coefficient (Wildman–Crippen LogP) is 2.83. The summed E-state index contributed by atoms with van der Waals surface area (Å²) in [5, 5.41) is 3.57. The first kappa shape index (κ1) is 8.15. The van der Waals surface area contributed by atoms with Gasteiger partial charge in [-0.3, -0.25) is 0 Å². The van der Waals surface area contributed by atoms with E-state index < -0.39 is 0 Å². The van der Waals surface area contributed by atoms with Gasteiger partial charge in [0.1, 0.15) is 0 Å². The summed E-state index contributed by atoms with van der Waals surface area (Å²) in [4.78, 5) is 0. The van der Waals surface area contributed by atoms with Crippen LogP contribution in [0.2, 0.25) is 0 Å². The highest BCUT2D eigenvalue weighted by atomic mass is 14.9. The SMILES string of the molecule is CCCC1=C2NCCC2CCC1. The molecule has 12 heavy (non-hydrogen) atoms. The average molecular weight is 165 g/mol. The normalized spacial score (nSPS) is 28.6. The zero-order valence-corrected chi connectivity index (χ0v) is 8.03. The van der Waals surface area contributed by atoms with Gasteiger partial charge in [0.2, 0.25) is 0 Å². The molecule has 1 heterocycles. The molecule has 2 aliphatic rings. The minimum Gasteiger partial charge on any atom is -0.388 e. The summed E-state index contributed by atoms with van der Waals surface area (Å²) in [7, 11) is 0. The first-order chi connectivity index (χ1) is 5.92. The summed E-state index contributed by atoms with van der Waals surface area (Å²) in [6, 6.07) is 0. The van der Waals surface area contributed by atoms with Gasteiger partial charge < -0.3 is 5.32 Å². The van der Waals surface area contributed by atoms with E-state index in [2.05, 4.69) is 12.2 Å². The van der Waals surface area contributed by atoms with Crippen LogP contribution in [0.25, 0.3) is 0 Å². The van der Waals surface area contributed by atoms with E-state index in [-0.39, 0.29) is 0 Å². The fraction of sp³-hybridized carbons (Fsp3) is 0.818. The van der Waals surface area contributed by atoms with E-state index in [0.717, 1.165) is 5.92 Å². The van der Waals surface area contributed by atoms with Crippen LogP contribution < -0.4 is 5.32 Å². The molecular formula is C11H19N. The van der Waals surface area contributed by atoms with Crippen molar-refractivity contribution < 1.29 is 0 Å². The van der Waals surface area contributed by atoms with Crippen LogP contribution in [-0.4, -0.2) is 6.54 Å². The molecule has 1 fully saturated rings. The van der Waals surface area contributed by atoms with Gasteiger partial charge in [0.25, 0.3) is 0 Å². The fourth-order valence-electron chi connectivity index (χ4n) is 2.63. The Labute approximate surface area is 75.2 Å². The van der Waals surface area contributed by atoms with E-state index in [0.29, 0.717) is 0 Å². The maximum absolute atomic E-state index is 3.57. The highest BCUT2D eigenvalue weighted by Gasteiger charge is 2.26. The molecule has 1 heteroatoms. The molecule has 0 aromatic heterocycles. The van der Waals surface area contributed by atoms with Crippen molar-refractivity contribution in [1.29, 1.82) is 0 Å². The zero-order chi connectivity index (χ0) is 8.39. The number of hydrogen-bond acceptors (Lipinski definition) is 1. The van der Waals surface area contributed by atoms with Crippen molar-refractivity contribution in [3.05, 3.63) is 11.3 Å². The smallest absolute Gasteiger partial charge is 0.0150 e. The summed E-state index contributed by atoms with van der Waals surface area (Å²) < 4.78 is 0. The Balaban J connectivity index is 2.14. The lowest BCUT2D eigenvalue weighted by molar-refractivity contribution is 0.506. The molecule has 1 aliphatic carbocycles.